The van der Waals surface area contributed by atoms with Crippen LogP contribution in [0.5, 0.6) is 0 Å². The highest BCUT2D eigenvalue weighted by molar-refractivity contribution is 7.88. The van der Waals surface area contributed by atoms with Crippen LogP contribution in [0.1, 0.15) is 32.1 Å². The first-order valence-corrected chi connectivity index (χ1v) is 11.4. The van der Waals surface area contributed by atoms with E-state index in [1.807, 2.05) is 16.4 Å². The van der Waals surface area contributed by atoms with E-state index in [-0.39, 0.29) is 0 Å². The molecule has 144 valence electrons. The van der Waals surface area contributed by atoms with Crippen molar-refractivity contribution >= 4 is 33.2 Å². The summed E-state index contributed by atoms with van der Waals surface area (Å²) in [6.07, 6.45) is 7.01. The highest BCUT2D eigenvalue weighted by Gasteiger charge is 2.30. The number of aliphatic hydroxyl groups is 1. The SMILES string of the molecule is C[S+]([O-])N(CC(O)Cn1c2ccccc2c2ccccc21)C1CCCCC1. The second-order valence-electron chi connectivity index (χ2n) is 7.61. The van der Waals surface area contributed by atoms with Gasteiger partial charge in [-0.25, -0.2) is 0 Å². The summed E-state index contributed by atoms with van der Waals surface area (Å²) in [6, 6.07) is 17.0. The highest BCUT2D eigenvalue weighted by atomic mass is 32.2. The molecule has 0 aliphatic heterocycles. The van der Waals surface area contributed by atoms with Crippen molar-refractivity contribution < 1.29 is 9.66 Å². The third-order valence-corrected chi connectivity index (χ3v) is 6.88. The van der Waals surface area contributed by atoms with E-state index in [0.717, 1.165) is 23.9 Å². The van der Waals surface area contributed by atoms with Gasteiger partial charge in [-0.2, -0.15) is 0 Å². The number of hydrogen-bond acceptors (Lipinski definition) is 3. The van der Waals surface area contributed by atoms with Gasteiger partial charge in [-0.15, -0.1) is 4.31 Å². The van der Waals surface area contributed by atoms with Gasteiger partial charge in [0.2, 0.25) is 0 Å². The average Bonchev–Trinajstić information content (AvgIpc) is 3.01. The van der Waals surface area contributed by atoms with Crippen LogP contribution in [-0.2, 0) is 17.9 Å². The minimum atomic E-state index is -1.06. The Morgan fingerprint density at radius 3 is 2.15 bits per heavy atom. The molecule has 1 aliphatic carbocycles. The van der Waals surface area contributed by atoms with Crippen molar-refractivity contribution in [3.63, 3.8) is 0 Å². The first-order chi connectivity index (χ1) is 13.1. The molecule has 2 unspecified atom stereocenters. The third kappa shape index (κ3) is 3.87. The summed E-state index contributed by atoms with van der Waals surface area (Å²) >= 11 is -1.06. The largest absolute Gasteiger partial charge is 0.598 e. The third-order valence-electron chi connectivity index (χ3n) is 5.78. The minimum absolute atomic E-state index is 0.331. The van der Waals surface area contributed by atoms with E-state index >= 15 is 0 Å². The van der Waals surface area contributed by atoms with Gasteiger partial charge in [0.05, 0.1) is 25.2 Å². The fraction of sp³-hybridized carbons (Fsp3) is 0.455. The summed E-state index contributed by atoms with van der Waals surface area (Å²) in [5.74, 6) is 0. The molecule has 1 N–H and O–H groups in total. The van der Waals surface area contributed by atoms with Crippen LogP contribution in [0.2, 0.25) is 0 Å². The Bertz CT molecular complexity index is 848. The van der Waals surface area contributed by atoms with E-state index in [1.54, 1.807) is 6.26 Å². The van der Waals surface area contributed by atoms with Crippen LogP contribution in [0.15, 0.2) is 48.5 Å². The summed E-state index contributed by atoms with van der Waals surface area (Å²) < 4.78 is 16.5. The molecule has 1 aliphatic rings. The quantitative estimate of drug-likeness (QED) is 0.652. The molecule has 0 radical (unpaired) electrons. The van der Waals surface area contributed by atoms with E-state index in [9.17, 15) is 9.66 Å². The van der Waals surface area contributed by atoms with Gasteiger partial charge in [-0.1, -0.05) is 55.7 Å². The topological polar surface area (TPSA) is 51.5 Å². The Kier molecular flexibility index (Phi) is 5.74. The molecule has 27 heavy (non-hydrogen) atoms. The zero-order valence-electron chi connectivity index (χ0n) is 15.9. The second kappa shape index (κ2) is 8.23. The predicted octanol–water partition coefficient (Wildman–Crippen LogP) is 4.08. The fourth-order valence-corrected chi connectivity index (χ4v) is 5.52. The van der Waals surface area contributed by atoms with Crippen molar-refractivity contribution in [3.05, 3.63) is 48.5 Å². The minimum Gasteiger partial charge on any atom is -0.598 e. The Hall–Kier alpha value is -1.53. The molecule has 1 heterocycles. The van der Waals surface area contributed by atoms with Crippen molar-refractivity contribution in [2.45, 2.75) is 50.8 Å². The molecule has 0 amide bonds. The van der Waals surface area contributed by atoms with E-state index in [4.69, 9.17) is 0 Å². The van der Waals surface area contributed by atoms with Crippen LogP contribution < -0.4 is 0 Å². The molecule has 0 saturated heterocycles. The van der Waals surface area contributed by atoms with Crippen LogP contribution in [0.4, 0.5) is 0 Å². The Morgan fingerprint density at radius 2 is 1.59 bits per heavy atom. The van der Waals surface area contributed by atoms with Crippen molar-refractivity contribution in [1.82, 2.24) is 8.87 Å². The molecule has 1 saturated carbocycles. The predicted molar refractivity (Wildman–Crippen MR) is 113 cm³/mol. The Labute approximate surface area is 164 Å². The number of para-hydroxylation sites is 2. The number of benzene rings is 2. The number of aliphatic hydroxyl groups excluding tert-OH is 1. The molecule has 4 nitrogen and oxygen atoms in total. The average molecular weight is 385 g/mol. The maximum Gasteiger partial charge on any atom is 0.115 e. The molecule has 2 aromatic carbocycles. The Balaban J connectivity index is 1.59. The standard InChI is InChI=1S/C22H28N2O2S/c1-27(26)24(17-9-3-2-4-10-17)16-18(25)15-23-21-13-7-5-11-19(21)20-12-6-8-14-22(20)23/h5-8,11-14,17-18,25H,2-4,9-10,15-16H2,1H3. The van der Waals surface area contributed by atoms with Crippen LogP contribution in [-0.4, -0.2) is 43.5 Å². The van der Waals surface area contributed by atoms with E-state index in [1.165, 1.54) is 30.0 Å². The molecule has 1 aromatic heterocycles. The summed E-state index contributed by atoms with van der Waals surface area (Å²) in [5, 5.41) is 13.3. The molecule has 3 aromatic rings. The van der Waals surface area contributed by atoms with Crippen molar-refractivity contribution in [1.29, 1.82) is 0 Å². The van der Waals surface area contributed by atoms with E-state index in [0.29, 0.717) is 19.1 Å². The maximum atomic E-state index is 12.3. The van der Waals surface area contributed by atoms with Gasteiger partial charge in [0.25, 0.3) is 0 Å². The lowest BCUT2D eigenvalue weighted by molar-refractivity contribution is 0.110. The molecular formula is C22H28N2O2S. The fourth-order valence-electron chi connectivity index (χ4n) is 4.51. The summed E-state index contributed by atoms with van der Waals surface area (Å²) in [7, 11) is 0. The molecule has 5 heteroatoms. The first-order valence-electron chi connectivity index (χ1n) is 9.89. The van der Waals surface area contributed by atoms with E-state index < -0.39 is 17.5 Å². The lowest BCUT2D eigenvalue weighted by Gasteiger charge is -2.33. The van der Waals surface area contributed by atoms with Gasteiger partial charge < -0.3 is 14.2 Å². The summed E-state index contributed by atoms with van der Waals surface area (Å²) in [5.41, 5.74) is 2.28. The second-order valence-corrected chi connectivity index (χ2v) is 8.93. The van der Waals surface area contributed by atoms with Gasteiger partial charge in [0.1, 0.15) is 6.26 Å². The van der Waals surface area contributed by atoms with Crippen LogP contribution in [0.25, 0.3) is 21.8 Å². The van der Waals surface area contributed by atoms with Crippen LogP contribution in [0, 0.1) is 0 Å². The molecule has 1 fully saturated rings. The molecule has 0 bridgehead atoms. The van der Waals surface area contributed by atoms with Gasteiger partial charge in [0.15, 0.2) is 0 Å². The van der Waals surface area contributed by atoms with Crippen molar-refractivity contribution in [3.8, 4) is 0 Å². The number of rotatable bonds is 6. The number of fused-ring (bicyclic) bond motifs is 3. The van der Waals surface area contributed by atoms with Gasteiger partial charge in [0, 0.05) is 33.2 Å². The van der Waals surface area contributed by atoms with Gasteiger partial charge in [-0.3, -0.25) is 0 Å². The number of hydrogen-bond donors (Lipinski definition) is 1. The lowest BCUT2D eigenvalue weighted by atomic mass is 9.95. The first kappa shape index (κ1) is 18.8. The summed E-state index contributed by atoms with van der Waals surface area (Å²) in [4.78, 5) is 0. The van der Waals surface area contributed by atoms with Gasteiger partial charge >= 0.3 is 0 Å². The normalized spacial score (nSPS) is 18.4. The zero-order chi connectivity index (χ0) is 18.8. The Morgan fingerprint density at radius 1 is 1.04 bits per heavy atom. The summed E-state index contributed by atoms with van der Waals surface area (Å²) in [6.45, 7) is 0.961. The smallest absolute Gasteiger partial charge is 0.115 e. The molecular weight excluding hydrogens is 356 g/mol. The molecule has 0 spiro atoms. The maximum absolute atomic E-state index is 12.3. The number of aromatic nitrogens is 1. The lowest BCUT2D eigenvalue weighted by Crippen LogP contribution is -2.45. The molecule has 4 rings (SSSR count). The number of nitrogens with zero attached hydrogens (tertiary/aromatic N) is 2. The van der Waals surface area contributed by atoms with Crippen LogP contribution >= 0.6 is 0 Å². The van der Waals surface area contributed by atoms with Crippen LogP contribution in [0.3, 0.4) is 0 Å². The molecule has 2 atom stereocenters. The van der Waals surface area contributed by atoms with Crippen molar-refractivity contribution in [2.75, 3.05) is 12.8 Å². The monoisotopic (exact) mass is 384 g/mol. The van der Waals surface area contributed by atoms with Gasteiger partial charge in [-0.05, 0) is 25.0 Å². The van der Waals surface area contributed by atoms with Crippen molar-refractivity contribution in [2.24, 2.45) is 0 Å². The zero-order valence-corrected chi connectivity index (χ0v) is 16.7. The van der Waals surface area contributed by atoms with E-state index in [2.05, 4.69) is 41.0 Å². The highest BCUT2D eigenvalue weighted by Crippen LogP contribution is 2.29.